The summed E-state index contributed by atoms with van der Waals surface area (Å²) in [7, 11) is 0. The highest BCUT2D eigenvalue weighted by molar-refractivity contribution is 7.16. The molecule has 0 aliphatic heterocycles. The third-order valence-electron chi connectivity index (χ3n) is 1.68. The maximum Gasteiger partial charge on any atom is 0.347 e. The molecule has 0 aromatic carbocycles. The first kappa shape index (κ1) is 8.89. The van der Waals surface area contributed by atoms with Gasteiger partial charge in [0.05, 0.1) is 5.69 Å². The molecule has 1 N–H and O–H groups in total. The summed E-state index contributed by atoms with van der Waals surface area (Å²) in [6, 6.07) is 1.76. The molecule has 2 aromatic rings. The topological polar surface area (TPSA) is 68.0 Å². The van der Waals surface area contributed by atoms with Crippen LogP contribution < -0.4 is 0 Å². The highest BCUT2D eigenvalue weighted by atomic mass is 32.1. The number of rotatable bonds is 2. The van der Waals surface area contributed by atoms with E-state index in [9.17, 15) is 4.79 Å². The maximum absolute atomic E-state index is 10.7. The summed E-state index contributed by atoms with van der Waals surface area (Å²) in [5.41, 5.74) is 0.521. The van der Waals surface area contributed by atoms with Crippen LogP contribution in [-0.4, -0.2) is 25.8 Å². The van der Waals surface area contributed by atoms with Gasteiger partial charge in [-0.05, 0) is 13.0 Å². The van der Waals surface area contributed by atoms with Crippen molar-refractivity contribution in [2.75, 3.05) is 0 Å². The van der Waals surface area contributed by atoms with Gasteiger partial charge in [-0.1, -0.05) is 11.3 Å². The standard InChI is InChI=1S/C8H7N3O2S/c1-5-6(7(12)13)14-8(10-5)11-4-2-3-9-11/h2-4H,1H3,(H,12,13). The van der Waals surface area contributed by atoms with Crippen molar-refractivity contribution in [3.05, 3.63) is 29.0 Å². The summed E-state index contributed by atoms with van der Waals surface area (Å²) in [5, 5.41) is 13.4. The molecular formula is C8H7N3O2S. The lowest BCUT2D eigenvalue weighted by Crippen LogP contribution is -1.94. The van der Waals surface area contributed by atoms with Gasteiger partial charge in [-0.2, -0.15) is 5.10 Å². The van der Waals surface area contributed by atoms with Crippen LogP contribution in [0, 0.1) is 6.92 Å². The average molecular weight is 209 g/mol. The van der Waals surface area contributed by atoms with Gasteiger partial charge in [-0.3, -0.25) is 0 Å². The Morgan fingerprint density at radius 3 is 2.93 bits per heavy atom. The molecule has 0 bridgehead atoms. The molecule has 0 atom stereocenters. The van der Waals surface area contributed by atoms with Crippen LogP contribution in [0.4, 0.5) is 0 Å². The molecule has 14 heavy (non-hydrogen) atoms. The number of carboxylic acids is 1. The highest BCUT2D eigenvalue weighted by Crippen LogP contribution is 2.20. The minimum atomic E-state index is -0.946. The minimum Gasteiger partial charge on any atom is -0.477 e. The Balaban J connectivity index is 2.48. The molecular weight excluding hydrogens is 202 g/mol. The van der Waals surface area contributed by atoms with Gasteiger partial charge < -0.3 is 5.11 Å². The lowest BCUT2D eigenvalue weighted by molar-refractivity contribution is 0.0701. The first-order valence-electron chi connectivity index (χ1n) is 3.89. The van der Waals surface area contributed by atoms with E-state index in [1.807, 2.05) is 0 Å². The van der Waals surface area contributed by atoms with Gasteiger partial charge in [-0.15, -0.1) is 0 Å². The van der Waals surface area contributed by atoms with Crippen LogP contribution in [-0.2, 0) is 0 Å². The maximum atomic E-state index is 10.7. The fourth-order valence-electron chi connectivity index (χ4n) is 1.06. The Hall–Kier alpha value is -1.69. The first-order valence-corrected chi connectivity index (χ1v) is 4.71. The fraction of sp³-hybridized carbons (Fsp3) is 0.125. The average Bonchev–Trinajstić information content (AvgIpc) is 2.70. The zero-order valence-electron chi connectivity index (χ0n) is 7.34. The molecule has 6 heteroatoms. The molecule has 0 saturated heterocycles. The predicted octanol–water partition coefficient (Wildman–Crippen LogP) is 1.34. The van der Waals surface area contributed by atoms with Crippen molar-refractivity contribution in [3.8, 4) is 5.13 Å². The molecule has 2 heterocycles. The number of carboxylic acid groups (broad SMARTS) is 1. The lowest BCUT2D eigenvalue weighted by atomic mass is 10.4. The number of carbonyl (C=O) groups is 1. The molecule has 0 aliphatic carbocycles. The highest BCUT2D eigenvalue weighted by Gasteiger charge is 2.14. The van der Waals surface area contributed by atoms with E-state index >= 15 is 0 Å². The van der Waals surface area contributed by atoms with Gasteiger partial charge >= 0.3 is 5.97 Å². The monoisotopic (exact) mass is 209 g/mol. The molecule has 0 unspecified atom stereocenters. The second-order valence-corrected chi connectivity index (χ2v) is 3.64. The molecule has 0 aliphatic rings. The fourth-order valence-corrected chi connectivity index (χ4v) is 1.91. The van der Waals surface area contributed by atoms with Gasteiger partial charge in [0.2, 0.25) is 5.13 Å². The van der Waals surface area contributed by atoms with Gasteiger partial charge in [0.1, 0.15) is 4.88 Å². The normalized spacial score (nSPS) is 10.4. The zero-order chi connectivity index (χ0) is 10.1. The van der Waals surface area contributed by atoms with Crippen molar-refractivity contribution < 1.29 is 9.90 Å². The van der Waals surface area contributed by atoms with Crippen LogP contribution in [0.5, 0.6) is 0 Å². The van der Waals surface area contributed by atoms with Crippen LogP contribution in [0.3, 0.4) is 0 Å². The number of hydrogen-bond acceptors (Lipinski definition) is 4. The van der Waals surface area contributed by atoms with E-state index in [1.165, 1.54) is 0 Å². The number of hydrogen-bond donors (Lipinski definition) is 1. The molecule has 0 fully saturated rings. The number of aromatic nitrogens is 3. The number of aryl methyl sites for hydroxylation is 1. The van der Waals surface area contributed by atoms with E-state index < -0.39 is 5.97 Å². The Morgan fingerprint density at radius 1 is 1.64 bits per heavy atom. The SMILES string of the molecule is Cc1nc(-n2cccn2)sc1C(=O)O. The van der Waals surface area contributed by atoms with Crippen molar-refractivity contribution in [1.29, 1.82) is 0 Å². The van der Waals surface area contributed by atoms with Crippen molar-refractivity contribution in [2.45, 2.75) is 6.92 Å². The number of aromatic carboxylic acids is 1. The van der Waals surface area contributed by atoms with Gasteiger partial charge in [0.15, 0.2) is 0 Å². The van der Waals surface area contributed by atoms with E-state index in [1.54, 1.807) is 30.1 Å². The third-order valence-corrected chi connectivity index (χ3v) is 2.82. The quantitative estimate of drug-likeness (QED) is 0.810. The second kappa shape index (κ2) is 3.22. The molecule has 72 valence electrons. The lowest BCUT2D eigenvalue weighted by Gasteiger charge is -1.90. The van der Waals surface area contributed by atoms with Crippen LogP contribution >= 0.6 is 11.3 Å². The van der Waals surface area contributed by atoms with Crippen molar-refractivity contribution in [2.24, 2.45) is 0 Å². The predicted molar refractivity (Wildman–Crippen MR) is 50.9 cm³/mol. The van der Waals surface area contributed by atoms with Gasteiger partial charge in [-0.25, -0.2) is 14.5 Å². The van der Waals surface area contributed by atoms with Crippen LogP contribution in [0.1, 0.15) is 15.4 Å². The van der Waals surface area contributed by atoms with E-state index in [4.69, 9.17) is 5.11 Å². The molecule has 0 amide bonds. The van der Waals surface area contributed by atoms with E-state index in [0.717, 1.165) is 11.3 Å². The molecule has 2 aromatic heterocycles. The third kappa shape index (κ3) is 1.39. The smallest absolute Gasteiger partial charge is 0.347 e. The number of nitrogens with zero attached hydrogens (tertiary/aromatic N) is 3. The van der Waals surface area contributed by atoms with E-state index in [2.05, 4.69) is 10.1 Å². The molecule has 5 nitrogen and oxygen atoms in total. The Kier molecular flexibility index (Phi) is 2.05. The summed E-state index contributed by atoms with van der Waals surface area (Å²) in [4.78, 5) is 15.1. The van der Waals surface area contributed by atoms with Crippen molar-refractivity contribution in [1.82, 2.24) is 14.8 Å². The van der Waals surface area contributed by atoms with Crippen LogP contribution in [0.15, 0.2) is 18.5 Å². The molecule has 2 rings (SSSR count). The minimum absolute atomic E-state index is 0.260. The Labute approximate surface area is 83.6 Å². The second-order valence-electron chi connectivity index (χ2n) is 2.67. The molecule has 0 spiro atoms. The van der Waals surface area contributed by atoms with Crippen LogP contribution in [0.2, 0.25) is 0 Å². The summed E-state index contributed by atoms with van der Waals surface area (Å²) >= 11 is 1.12. The van der Waals surface area contributed by atoms with E-state index in [-0.39, 0.29) is 4.88 Å². The first-order chi connectivity index (χ1) is 6.68. The summed E-state index contributed by atoms with van der Waals surface area (Å²) < 4.78 is 1.55. The molecule has 0 radical (unpaired) electrons. The van der Waals surface area contributed by atoms with Gasteiger partial charge in [0.25, 0.3) is 0 Å². The molecule has 0 saturated carbocycles. The Bertz CT molecular complexity index is 461. The van der Waals surface area contributed by atoms with Gasteiger partial charge in [0, 0.05) is 12.4 Å². The van der Waals surface area contributed by atoms with Crippen LogP contribution in [0.25, 0.3) is 5.13 Å². The Morgan fingerprint density at radius 2 is 2.43 bits per heavy atom. The number of thiazole rings is 1. The largest absolute Gasteiger partial charge is 0.477 e. The zero-order valence-corrected chi connectivity index (χ0v) is 8.15. The van der Waals surface area contributed by atoms with E-state index in [0.29, 0.717) is 10.8 Å². The summed E-state index contributed by atoms with van der Waals surface area (Å²) in [6.07, 6.45) is 3.35. The summed E-state index contributed by atoms with van der Waals surface area (Å²) in [5.74, 6) is -0.946. The summed E-state index contributed by atoms with van der Waals surface area (Å²) in [6.45, 7) is 1.67. The van der Waals surface area contributed by atoms with Crippen molar-refractivity contribution in [3.63, 3.8) is 0 Å². The van der Waals surface area contributed by atoms with Crippen molar-refractivity contribution >= 4 is 17.3 Å².